The lowest BCUT2D eigenvalue weighted by molar-refractivity contribution is -0.115. The summed E-state index contributed by atoms with van der Waals surface area (Å²) in [5, 5.41) is 2.52. The molecule has 1 rings (SSSR count). The number of nitrogens with one attached hydrogen (secondary N) is 1. The topological polar surface area (TPSA) is 42.0 Å². The van der Waals surface area contributed by atoms with E-state index in [9.17, 15) is 9.18 Å². The van der Waals surface area contributed by atoms with Gasteiger partial charge in [-0.1, -0.05) is 0 Å². The average Bonchev–Trinajstić information content (AvgIpc) is 2.09. The fourth-order valence-electron chi connectivity index (χ4n) is 0.759. The quantitative estimate of drug-likeness (QED) is 0.600. The van der Waals surface area contributed by atoms with Gasteiger partial charge in [-0.2, -0.15) is 4.39 Å². The highest BCUT2D eigenvalue weighted by molar-refractivity contribution is 6.19. The molecule has 1 aromatic heterocycles. The Hall–Kier alpha value is -1.16. The number of hydrogen-bond acceptors (Lipinski definition) is 2. The van der Waals surface area contributed by atoms with Crippen molar-refractivity contribution in [2.24, 2.45) is 0 Å². The van der Waals surface area contributed by atoms with Gasteiger partial charge in [0.25, 0.3) is 0 Å². The highest BCUT2D eigenvalue weighted by atomic mass is 35.5. The Morgan fingerprint density at radius 3 is 2.92 bits per heavy atom. The Balaban J connectivity index is 2.54. The number of aromatic nitrogens is 1. The Morgan fingerprint density at radius 2 is 2.38 bits per heavy atom. The molecular weight excluding hydrogens is 195 g/mol. The second-order valence-corrected chi connectivity index (χ2v) is 2.73. The van der Waals surface area contributed by atoms with Gasteiger partial charge in [0.2, 0.25) is 11.9 Å². The van der Waals surface area contributed by atoms with Gasteiger partial charge in [-0.25, -0.2) is 4.98 Å². The van der Waals surface area contributed by atoms with Gasteiger partial charge in [0.1, 0.15) is 0 Å². The maximum atomic E-state index is 12.3. The van der Waals surface area contributed by atoms with Crippen LogP contribution < -0.4 is 5.32 Å². The summed E-state index contributed by atoms with van der Waals surface area (Å²) in [7, 11) is 0. The van der Waals surface area contributed by atoms with Crippen molar-refractivity contribution >= 4 is 23.2 Å². The lowest BCUT2D eigenvalue weighted by Crippen LogP contribution is -2.11. The number of nitrogens with zero attached hydrogens (tertiary/aromatic N) is 1. The molecule has 1 aromatic rings. The summed E-state index contributed by atoms with van der Waals surface area (Å²) in [6.45, 7) is 0. The van der Waals surface area contributed by atoms with E-state index in [4.69, 9.17) is 11.6 Å². The van der Waals surface area contributed by atoms with Crippen molar-refractivity contribution in [2.75, 3.05) is 11.2 Å². The van der Waals surface area contributed by atoms with E-state index in [1.807, 2.05) is 0 Å². The molecule has 13 heavy (non-hydrogen) atoms. The predicted molar refractivity (Wildman–Crippen MR) is 48.2 cm³/mol. The summed E-state index contributed by atoms with van der Waals surface area (Å²) in [5.74, 6) is -0.515. The summed E-state index contributed by atoms with van der Waals surface area (Å²) in [6.07, 6.45) is 1.49. The first-order valence-corrected chi connectivity index (χ1v) is 4.23. The van der Waals surface area contributed by atoms with Gasteiger partial charge in [-0.3, -0.25) is 4.79 Å². The van der Waals surface area contributed by atoms with Crippen LogP contribution in [0.15, 0.2) is 18.3 Å². The van der Waals surface area contributed by atoms with Crippen LogP contribution in [0.1, 0.15) is 6.42 Å². The monoisotopic (exact) mass is 202 g/mol. The molecule has 0 unspecified atom stereocenters. The molecule has 0 radical (unpaired) electrons. The Labute approximate surface area is 79.9 Å². The molecular formula is C8H8ClFN2O. The molecule has 3 nitrogen and oxygen atoms in total. The highest BCUT2D eigenvalue weighted by Crippen LogP contribution is 2.05. The first kappa shape index (κ1) is 9.92. The number of carbonyl (C=O) groups is 1. The van der Waals surface area contributed by atoms with E-state index in [0.29, 0.717) is 5.69 Å². The van der Waals surface area contributed by atoms with Gasteiger partial charge < -0.3 is 5.32 Å². The third-order valence-corrected chi connectivity index (χ3v) is 1.52. The maximum Gasteiger partial charge on any atom is 0.225 e. The standard InChI is InChI=1S/C8H8ClFN2O/c9-4-3-8(13)12-6-1-2-7(10)11-5-6/h1-2,5H,3-4H2,(H,12,13). The first-order chi connectivity index (χ1) is 6.22. The molecule has 70 valence electrons. The number of halogens is 2. The molecule has 0 aromatic carbocycles. The zero-order chi connectivity index (χ0) is 9.68. The minimum Gasteiger partial charge on any atom is -0.325 e. The number of alkyl halides is 1. The number of hydrogen-bond donors (Lipinski definition) is 1. The van der Waals surface area contributed by atoms with Gasteiger partial charge in [-0.15, -0.1) is 11.6 Å². The van der Waals surface area contributed by atoms with Crippen molar-refractivity contribution in [1.29, 1.82) is 0 Å². The molecule has 0 saturated carbocycles. The van der Waals surface area contributed by atoms with E-state index in [-0.39, 0.29) is 18.2 Å². The molecule has 0 fully saturated rings. The van der Waals surface area contributed by atoms with Crippen LogP contribution in [0.3, 0.4) is 0 Å². The van der Waals surface area contributed by atoms with Crippen molar-refractivity contribution in [2.45, 2.75) is 6.42 Å². The van der Waals surface area contributed by atoms with Crippen LogP contribution in [0.2, 0.25) is 0 Å². The fraction of sp³-hybridized carbons (Fsp3) is 0.250. The molecule has 0 atom stereocenters. The zero-order valence-electron chi connectivity index (χ0n) is 6.76. The largest absolute Gasteiger partial charge is 0.325 e. The second-order valence-electron chi connectivity index (χ2n) is 2.36. The number of pyridine rings is 1. The van der Waals surface area contributed by atoms with Crippen LogP contribution in [-0.4, -0.2) is 16.8 Å². The van der Waals surface area contributed by atoms with Crippen LogP contribution in [0, 0.1) is 5.95 Å². The van der Waals surface area contributed by atoms with Crippen molar-refractivity contribution < 1.29 is 9.18 Å². The fourth-order valence-corrected chi connectivity index (χ4v) is 0.931. The summed E-state index contributed by atoms with van der Waals surface area (Å²) in [5.41, 5.74) is 0.469. The number of anilines is 1. The summed E-state index contributed by atoms with van der Waals surface area (Å²) in [4.78, 5) is 14.4. The van der Waals surface area contributed by atoms with Crippen LogP contribution >= 0.6 is 11.6 Å². The van der Waals surface area contributed by atoms with Crippen LogP contribution in [0.5, 0.6) is 0 Å². The average molecular weight is 203 g/mol. The second kappa shape index (κ2) is 4.77. The molecule has 0 aliphatic heterocycles. The van der Waals surface area contributed by atoms with E-state index >= 15 is 0 Å². The first-order valence-electron chi connectivity index (χ1n) is 3.70. The molecule has 5 heteroatoms. The molecule has 1 N–H and O–H groups in total. The molecule has 0 bridgehead atoms. The molecule has 0 saturated heterocycles. The van der Waals surface area contributed by atoms with Gasteiger partial charge >= 0.3 is 0 Å². The Bertz CT molecular complexity index is 289. The van der Waals surface area contributed by atoms with Crippen molar-refractivity contribution in [1.82, 2.24) is 4.98 Å². The number of amides is 1. The molecule has 0 aliphatic carbocycles. The van der Waals surface area contributed by atoms with Gasteiger partial charge in [-0.05, 0) is 12.1 Å². The third-order valence-electron chi connectivity index (χ3n) is 1.33. The van der Waals surface area contributed by atoms with Gasteiger partial charge in [0, 0.05) is 12.3 Å². The van der Waals surface area contributed by atoms with E-state index in [1.165, 1.54) is 18.3 Å². The van der Waals surface area contributed by atoms with Crippen molar-refractivity contribution in [3.05, 3.63) is 24.3 Å². The lowest BCUT2D eigenvalue weighted by atomic mass is 10.4. The Kier molecular flexibility index (Phi) is 3.64. The van der Waals surface area contributed by atoms with E-state index < -0.39 is 5.95 Å². The predicted octanol–water partition coefficient (Wildman–Crippen LogP) is 1.79. The SMILES string of the molecule is O=C(CCCl)Nc1ccc(F)nc1. The number of rotatable bonds is 3. The van der Waals surface area contributed by atoms with Crippen LogP contribution in [0.25, 0.3) is 0 Å². The summed E-state index contributed by atoms with van der Waals surface area (Å²) < 4.78 is 12.3. The van der Waals surface area contributed by atoms with Gasteiger partial charge in [0.05, 0.1) is 11.9 Å². The normalized spacial score (nSPS) is 9.69. The Morgan fingerprint density at radius 1 is 1.62 bits per heavy atom. The van der Waals surface area contributed by atoms with E-state index in [1.54, 1.807) is 0 Å². The molecule has 1 heterocycles. The summed E-state index contributed by atoms with van der Waals surface area (Å²) in [6, 6.07) is 2.62. The molecule has 0 spiro atoms. The zero-order valence-corrected chi connectivity index (χ0v) is 7.51. The van der Waals surface area contributed by atoms with Crippen LogP contribution in [0.4, 0.5) is 10.1 Å². The van der Waals surface area contributed by atoms with Crippen molar-refractivity contribution in [3.63, 3.8) is 0 Å². The minimum absolute atomic E-state index is 0.205. The van der Waals surface area contributed by atoms with Gasteiger partial charge in [0.15, 0.2) is 0 Å². The third kappa shape index (κ3) is 3.38. The van der Waals surface area contributed by atoms with Crippen LogP contribution in [-0.2, 0) is 4.79 Å². The number of carbonyl (C=O) groups excluding carboxylic acids is 1. The maximum absolute atomic E-state index is 12.3. The van der Waals surface area contributed by atoms with E-state index in [2.05, 4.69) is 10.3 Å². The highest BCUT2D eigenvalue weighted by Gasteiger charge is 2.00. The summed E-state index contributed by atoms with van der Waals surface area (Å²) >= 11 is 5.35. The smallest absolute Gasteiger partial charge is 0.225 e. The molecule has 1 amide bonds. The lowest BCUT2D eigenvalue weighted by Gasteiger charge is -2.01. The minimum atomic E-state index is -0.574. The van der Waals surface area contributed by atoms with Crippen molar-refractivity contribution in [3.8, 4) is 0 Å². The molecule has 0 aliphatic rings. The van der Waals surface area contributed by atoms with E-state index in [0.717, 1.165) is 0 Å².